The van der Waals surface area contributed by atoms with Crippen LogP contribution in [0.2, 0.25) is 0 Å². The molecule has 0 amide bonds. The van der Waals surface area contributed by atoms with Gasteiger partial charge in [-0.1, -0.05) is 18.2 Å². The zero-order chi connectivity index (χ0) is 22.2. The number of hydrogen-bond donors (Lipinski definition) is 2. The number of aromatic amines is 2. The van der Waals surface area contributed by atoms with E-state index in [0.29, 0.717) is 16.6 Å². The van der Waals surface area contributed by atoms with E-state index in [-0.39, 0.29) is 28.2 Å². The standard InChI is InChI=1S/C21H19N3O6S/c1-3-29-21(26)30-17-12-22-19-18(17)15-11-14(9-10-16(15)23-20(19)25)31(27,28)24(2)13-7-5-4-6-8-13/h4-12,22H,3H2,1-2H3,(H,23,25). The third-order valence-corrected chi connectivity index (χ3v) is 6.59. The van der Waals surface area contributed by atoms with Crippen molar-refractivity contribution in [3.8, 4) is 5.75 Å². The van der Waals surface area contributed by atoms with Crippen LogP contribution in [0.5, 0.6) is 5.75 Å². The zero-order valence-electron chi connectivity index (χ0n) is 16.7. The van der Waals surface area contributed by atoms with Crippen LogP contribution >= 0.6 is 0 Å². The van der Waals surface area contributed by atoms with E-state index in [0.717, 1.165) is 0 Å². The van der Waals surface area contributed by atoms with Gasteiger partial charge in [0.15, 0.2) is 5.75 Å². The lowest BCUT2D eigenvalue weighted by Gasteiger charge is -2.19. The third-order valence-electron chi connectivity index (χ3n) is 4.81. The first kappa shape index (κ1) is 20.5. The van der Waals surface area contributed by atoms with Crippen LogP contribution in [0.3, 0.4) is 0 Å². The summed E-state index contributed by atoms with van der Waals surface area (Å²) in [5, 5.41) is 0.684. The van der Waals surface area contributed by atoms with Gasteiger partial charge in [0.05, 0.1) is 22.6 Å². The number of rotatable bonds is 5. The van der Waals surface area contributed by atoms with Crippen molar-refractivity contribution in [1.29, 1.82) is 0 Å². The SMILES string of the molecule is CCOC(=O)Oc1c[nH]c2c(=O)[nH]c3ccc(S(=O)(=O)N(C)c4ccccc4)cc3c12. The summed E-state index contributed by atoms with van der Waals surface area (Å²) in [6.07, 6.45) is 0.428. The number of para-hydroxylation sites is 1. The number of aromatic nitrogens is 2. The Balaban J connectivity index is 1.89. The van der Waals surface area contributed by atoms with E-state index in [1.807, 2.05) is 0 Å². The van der Waals surface area contributed by atoms with Crippen molar-refractivity contribution in [3.63, 3.8) is 0 Å². The molecule has 0 fully saturated rings. The first-order valence-electron chi connectivity index (χ1n) is 9.38. The van der Waals surface area contributed by atoms with Gasteiger partial charge in [-0.15, -0.1) is 0 Å². The topological polar surface area (TPSA) is 122 Å². The number of ether oxygens (including phenoxy) is 2. The number of hydrogen-bond acceptors (Lipinski definition) is 6. The van der Waals surface area contributed by atoms with Crippen molar-refractivity contribution in [1.82, 2.24) is 9.97 Å². The quantitative estimate of drug-likeness (QED) is 0.458. The van der Waals surface area contributed by atoms with Crippen LogP contribution in [0, 0.1) is 0 Å². The highest BCUT2D eigenvalue weighted by molar-refractivity contribution is 7.92. The van der Waals surface area contributed by atoms with E-state index < -0.39 is 21.7 Å². The number of carbonyl (C=O) groups excluding carboxylic acids is 1. The first-order chi connectivity index (χ1) is 14.8. The molecule has 0 bridgehead atoms. The van der Waals surface area contributed by atoms with Gasteiger partial charge in [-0.2, -0.15) is 0 Å². The minimum Gasteiger partial charge on any atom is -0.434 e. The summed E-state index contributed by atoms with van der Waals surface area (Å²) in [6.45, 7) is 1.76. The highest BCUT2D eigenvalue weighted by Crippen LogP contribution is 2.32. The van der Waals surface area contributed by atoms with Crippen molar-refractivity contribution >= 4 is 43.7 Å². The molecule has 10 heteroatoms. The second kappa shape index (κ2) is 7.80. The summed E-state index contributed by atoms with van der Waals surface area (Å²) in [4.78, 5) is 29.7. The molecule has 0 spiro atoms. The number of carbonyl (C=O) groups is 1. The monoisotopic (exact) mass is 441 g/mol. The average Bonchev–Trinajstić information content (AvgIpc) is 3.18. The molecule has 2 N–H and O–H groups in total. The second-order valence-electron chi connectivity index (χ2n) is 6.66. The Morgan fingerprint density at radius 2 is 1.87 bits per heavy atom. The first-order valence-corrected chi connectivity index (χ1v) is 10.8. The molecule has 0 aliphatic carbocycles. The summed E-state index contributed by atoms with van der Waals surface area (Å²) >= 11 is 0. The van der Waals surface area contributed by atoms with E-state index in [9.17, 15) is 18.0 Å². The molecule has 2 heterocycles. The molecule has 2 aromatic heterocycles. The Labute approximate surface area is 177 Å². The minimum absolute atomic E-state index is 0.0167. The van der Waals surface area contributed by atoms with Gasteiger partial charge in [-0.05, 0) is 37.3 Å². The highest BCUT2D eigenvalue weighted by Gasteiger charge is 2.23. The van der Waals surface area contributed by atoms with Crippen molar-refractivity contribution in [2.75, 3.05) is 18.0 Å². The van der Waals surface area contributed by atoms with Crippen LogP contribution in [-0.2, 0) is 14.8 Å². The molecular formula is C21H19N3O6S. The number of pyridine rings is 1. The number of anilines is 1. The van der Waals surface area contributed by atoms with E-state index in [1.165, 1.54) is 35.7 Å². The second-order valence-corrected chi connectivity index (χ2v) is 8.63. The van der Waals surface area contributed by atoms with Gasteiger partial charge in [0, 0.05) is 24.1 Å². The molecule has 0 unspecified atom stereocenters. The normalized spacial score (nSPS) is 11.5. The fourth-order valence-corrected chi connectivity index (χ4v) is 4.51. The predicted molar refractivity (Wildman–Crippen MR) is 116 cm³/mol. The largest absolute Gasteiger partial charge is 0.513 e. The maximum atomic E-state index is 13.2. The number of sulfonamides is 1. The Kier molecular flexibility index (Phi) is 5.15. The lowest BCUT2D eigenvalue weighted by Crippen LogP contribution is -2.26. The van der Waals surface area contributed by atoms with Crippen LogP contribution in [0.25, 0.3) is 21.8 Å². The number of nitrogens with one attached hydrogen (secondary N) is 2. The Bertz CT molecular complexity index is 1440. The number of fused-ring (bicyclic) bond motifs is 3. The van der Waals surface area contributed by atoms with Gasteiger partial charge in [0.25, 0.3) is 15.6 Å². The lowest BCUT2D eigenvalue weighted by atomic mass is 10.1. The molecule has 2 aromatic carbocycles. The van der Waals surface area contributed by atoms with E-state index in [2.05, 4.69) is 9.97 Å². The molecule has 0 saturated carbocycles. The van der Waals surface area contributed by atoms with Crippen LogP contribution < -0.4 is 14.6 Å². The number of H-pyrrole nitrogens is 2. The van der Waals surface area contributed by atoms with Crippen LogP contribution in [0.1, 0.15) is 6.92 Å². The van der Waals surface area contributed by atoms with Crippen molar-refractivity contribution in [3.05, 3.63) is 65.1 Å². The van der Waals surface area contributed by atoms with E-state index >= 15 is 0 Å². The maximum absolute atomic E-state index is 13.2. The van der Waals surface area contributed by atoms with Crippen molar-refractivity contribution in [2.45, 2.75) is 11.8 Å². The molecule has 4 rings (SSSR count). The van der Waals surface area contributed by atoms with Crippen LogP contribution in [0.15, 0.2) is 64.4 Å². The average molecular weight is 441 g/mol. The Morgan fingerprint density at radius 3 is 2.58 bits per heavy atom. The van der Waals surface area contributed by atoms with E-state index in [4.69, 9.17) is 9.47 Å². The molecule has 31 heavy (non-hydrogen) atoms. The Hall–Kier alpha value is -3.79. The molecule has 9 nitrogen and oxygen atoms in total. The molecule has 0 aliphatic rings. The summed E-state index contributed by atoms with van der Waals surface area (Å²) in [6, 6.07) is 13.0. The highest BCUT2D eigenvalue weighted by atomic mass is 32.2. The number of benzene rings is 2. The zero-order valence-corrected chi connectivity index (χ0v) is 17.5. The minimum atomic E-state index is -3.89. The fourth-order valence-electron chi connectivity index (χ4n) is 3.29. The summed E-state index contributed by atoms with van der Waals surface area (Å²) in [5.41, 5.74) is 0.616. The summed E-state index contributed by atoms with van der Waals surface area (Å²) in [5.74, 6) is 0.0653. The maximum Gasteiger partial charge on any atom is 0.513 e. The molecule has 0 atom stereocenters. The molecular weight excluding hydrogens is 422 g/mol. The Morgan fingerprint density at radius 1 is 1.13 bits per heavy atom. The summed E-state index contributed by atoms with van der Waals surface area (Å²) in [7, 11) is -2.43. The molecule has 0 aliphatic heterocycles. The molecule has 160 valence electrons. The molecule has 0 radical (unpaired) electrons. The van der Waals surface area contributed by atoms with Crippen molar-refractivity contribution < 1.29 is 22.7 Å². The van der Waals surface area contributed by atoms with Gasteiger partial charge in [-0.3, -0.25) is 9.10 Å². The molecule has 4 aromatic rings. The summed E-state index contributed by atoms with van der Waals surface area (Å²) < 4.78 is 37.6. The van der Waals surface area contributed by atoms with Gasteiger partial charge in [-0.25, -0.2) is 13.2 Å². The van der Waals surface area contributed by atoms with Gasteiger partial charge < -0.3 is 19.4 Å². The predicted octanol–water partition coefficient (Wildman–Crippen LogP) is 3.37. The number of nitrogens with zero attached hydrogens (tertiary/aromatic N) is 1. The van der Waals surface area contributed by atoms with Crippen LogP contribution in [0.4, 0.5) is 10.5 Å². The van der Waals surface area contributed by atoms with Gasteiger partial charge >= 0.3 is 6.16 Å². The molecule has 0 saturated heterocycles. The van der Waals surface area contributed by atoms with Gasteiger partial charge in [0.2, 0.25) is 0 Å². The van der Waals surface area contributed by atoms with Crippen molar-refractivity contribution in [2.24, 2.45) is 0 Å². The van der Waals surface area contributed by atoms with Gasteiger partial charge in [0.1, 0.15) is 5.52 Å². The van der Waals surface area contributed by atoms with Crippen LogP contribution in [-0.4, -0.2) is 38.2 Å². The van der Waals surface area contributed by atoms with E-state index in [1.54, 1.807) is 37.3 Å². The fraction of sp³-hybridized carbons (Fsp3) is 0.143. The lowest BCUT2D eigenvalue weighted by molar-refractivity contribution is 0.105. The smallest absolute Gasteiger partial charge is 0.434 e. The third kappa shape index (κ3) is 3.61.